The fourth-order valence-corrected chi connectivity index (χ4v) is 5.24. The summed E-state index contributed by atoms with van der Waals surface area (Å²) in [6.07, 6.45) is 9.54. The third-order valence-corrected chi connectivity index (χ3v) is 7.04. The van der Waals surface area contributed by atoms with E-state index in [9.17, 15) is 14.0 Å². The summed E-state index contributed by atoms with van der Waals surface area (Å²) in [5, 5.41) is 0. The first kappa shape index (κ1) is 21.1. The van der Waals surface area contributed by atoms with Crippen LogP contribution in [-0.4, -0.2) is 51.9 Å². The average Bonchev–Trinajstić information content (AvgIpc) is 3.28. The molecule has 0 saturated carbocycles. The molecule has 2 atom stereocenters. The number of fused-ring (bicyclic) bond motifs is 1. The van der Waals surface area contributed by atoms with Gasteiger partial charge < -0.3 is 14.8 Å². The van der Waals surface area contributed by atoms with Crippen LogP contribution in [0, 0.1) is 11.7 Å². The Morgan fingerprint density at radius 2 is 2.06 bits per heavy atom. The van der Waals surface area contributed by atoms with E-state index < -0.39 is 5.82 Å². The van der Waals surface area contributed by atoms with Crippen molar-refractivity contribution in [2.45, 2.75) is 44.6 Å². The highest BCUT2D eigenvalue weighted by Gasteiger charge is 2.31. The van der Waals surface area contributed by atoms with E-state index in [1.54, 1.807) is 17.0 Å². The van der Waals surface area contributed by atoms with Crippen LogP contribution < -0.4 is 5.56 Å². The molecular weight excluding hydrogens is 407 g/mol. The molecule has 1 amide bonds. The van der Waals surface area contributed by atoms with E-state index >= 15 is 0 Å². The molecule has 2 aliphatic heterocycles. The number of rotatable bonds is 4. The lowest BCUT2D eigenvalue weighted by Crippen LogP contribution is -2.40. The van der Waals surface area contributed by atoms with Gasteiger partial charge in [0.15, 0.2) is 0 Å². The van der Waals surface area contributed by atoms with E-state index in [-0.39, 0.29) is 29.5 Å². The molecule has 0 radical (unpaired) electrons. The van der Waals surface area contributed by atoms with Gasteiger partial charge in [-0.2, -0.15) is 0 Å². The van der Waals surface area contributed by atoms with Crippen LogP contribution in [0.4, 0.5) is 4.39 Å². The Morgan fingerprint density at radius 1 is 1.19 bits per heavy atom. The number of likely N-dealkylation sites (tertiary alicyclic amines) is 1. The molecule has 0 spiro atoms. The van der Waals surface area contributed by atoms with E-state index in [0.29, 0.717) is 30.1 Å². The largest absolute Gasteiger partial charge is 0.332 e. The number of aromatic nitrogens is 2. The molecule has 168 valence electrons. The Kier molecular flexibility index (Phi) is 5.91. The Hall–Kier alpha value is -2.80. The lowest BCUT2D eigenvalue weighted by Gasteiger charge is -2.28. The van der Waals surface area contributed by atoms with Crippen molar-refractivity contribution in [3.8, 4) is 0 Å². The Balaban J connectivity index is 1.30. The number of amides is 1. The molecular formula is C25H29FN4O2. The molecule has 5 rings (SSSR count). The SMILES string of the molecule is O=C(c1ccccc1F)N1CCc2c(nc(C3CCN(CC4CC=CCC4)C3)[nH]c2=O)C1. The molecule has 1 aliphatic carbocycles. The zero-order valence-corrected chi connectivity index (χ0v) is 18.2. The van der Waals surface area contributed by atoms with Crippen molar-refractivity contribution in [3.63, 3.8) is 0 Å². The maximum Gasteiger partial charge on any atom is 0.257 e. The summed E-state index contributed by atoms with van der Waals surface area (Å²) < 4.78 is 14.1. The van der Waals surface area contributed by atoms with Crippen LogP contribution in [-0.2, 0) is 13.0 Å². The van der Waals surface area contributed by atoms with Crippen LogP contribution in [0.25, 0.3) is 0 Å². The van der Waals surface area contributed by atoms with Gasteiger partial charge in [0, 0.05) is 31.1 Å². The van der Waals surface area contributed by atoms with Gasteiger partial charge in [0.05, 0.1) is 17.8 Å². The van der Waals surface area contributed by atoms with Gasteiger partial charge in [-0.15, -0.1) is 0 Å². The Bertz CT molecular complexity index is 1100. The lowest BCUT2D eigenvalue weighted by atomic mass is 9.94. The van der Waals surface area contributed by atoms with Crippen LogP contribution in [0.1, 0.15) is 59.0 Å². The topological polar surface area (TPSA) is 69.3 Å². The van der Waals surface area contributed by atoms with Gasteiger partial charge in [-0.05, 0) is 56.7 Å². The first-order valence-corrected chi connectivity index (χ1v) is 11.6. The van der Waals surface area contributed by atoms with Crippen LogP contribution in [0.3, 0.4) is 0 Å². The summed E-state index contributed by atoms with van der Waals surface area (Å²) in [6, 6.07) is 6.02. The van der Waals surface area contributed by atoms with Crippen molar-refractivity contribution >= 4 is 5.91 Å². The highest BCUT2D eigenvalue weighted by molar-refractivity contribution is 5.94. The minimum atomic E-state index is -0.526. The predicted molar refractivity (Wildman–Crippen MR) is 120 cm³/mol. The molecule has 2 unspecified atom stereocenters. The number of hydrogen-bond donors (Lipinski definition) is 1. The number of nitrogens with one attached hydrogen (secondary N) is 1. The van der Waals surface area contributed by atoms with Gasteiger partial charge in [0.25, 0.3) is 11.5 Å². The summed E-state index contributed by atoms with van der Waals surface area (Å²) in [5.41, 5.74) is 1.26. The van der Waals surface area contributed by atoms with Crippen LogP contribution in [0.15, 0.2) is 41.2 Å². The third-order valence-electron chi connectivity index (χ3n) is 7.04. The molecule has 3 heterocycles. The Labute approximate surface area is 187 Å². The number of hydrogen-bond acceptors (Lipinski definition) is 4. The summed E-state index contributed by atoms with van der Waals surface area (Å²) in [7, 11) is 0. The van der Waals surface area contributed by atoms with E-state index in [0.717, 1.165) is 38.3 Å². The van der Waals surface area contributed by atoms with Gasteiger partial charge >= 0.3 is 0 Å². The second-order valence-corrected chi connectivity index (χ2v) is 9.23. The number of carbonyl (C=O) groups excluding carboxylic acids is 1. The zero-order chi connectivity index (χ0) is 22.1. The number of nitrogens with zero attached hydrogens (tertiary/aromatic N) is 3. The molecule has 7 heteroatoms. The lowest BCUT2D eigenvalue weighted by molar-refractivity contribution is 0.0726. The first-order chi connectivity index (χ1) is 15.6. The first-order valence-electron chi connectivity index (χ1n) is 11.6. The van der Waals surface area contributed by atoms with Crippen molar-refractivity contribution in [2.75, 3.05) is 26.2 Å². The van der Waals surface area contributed by atoms with Crippen LogP contribution >= 0.6 is 0 Å². The van der Waals surface area contributed by atoms with Crippen LogP contribution in [0.2, 0.25) is 0 Å². The average molecular weight is 437 g/mol. The molecule has 1 saturated heterocycles. The number of halogens is 1. The van der Waals surface area contributed by atoms with Gasteiger partial charge in [0.2, 0.25) is 0 Å². The molecule has 0 bridgehead atoms. The summed E-state index contributed by atoms with van der Waals surface area (Å²) in [6.45, 7) is 3.64. The number of benzene rings is 1. The van der Waals surface area contributed by atoms with Crippen molar-refractivity contribution in [3.05, 3.63) is 75.2 Å². The number of aromatic amines is 1. The smallest absolute Gasteiger partial charge is 0.257 e. The highest BCUT2D eigenvalue weighted by atomic mass is 19.1. The van der Waals surface area contributed by atoms with E-state index in [1.165, 1.54) is 25.0 Å². The third kappa shape index (κ3) is 4.26. The van der Waals surface area contributed by atoms with Crippen LogP contribution in [0.5, 0.6) is 0 Å². The minimum absolute atomic E-state index is 0.0602. The molecule has 3 aliphatic rings. The van der Waals surface area contributed by atoms with E-state index in [1.807, 2.05) is 0 Å². The van der Waals surface area contributed by atoms with Crippen molar-refractivity contribution in [1.29, 1.82) is 0 Å². The molecule has 1 N–H and O–H groups in total. The summed E-state index contributed by atoms with van der Waals surface area (Å²) >= 11 is 0. The maximum absolute atomic E-state index is 14.1. The zero-order valence-electron chi connectivity index (χ0n) is 18.2. The van der Waals surface area contributed by atoms with Crippen molar-refractivity contribution in [1.82, 2.24) is 19.8 Å². The second kappa shape index (κ2) is 8.98. The number of H-pyrrole nitrogens is 1. The molecule has 1 aromatic carbocycles. The van der Waals surface area contributed by atoms with Gasteiger partial charge in [-0.1, -0.05) is 24.3 Å². The fraction of sp³-hybridized carbons (Fsp3) is 0.480. The molecule has 32 heavy (non-hydrogen) atoms. The standard InChI is InChI=1S/C25H29FN4O2/c26-21-9-5-4-8-19(21)25(32)30-13-11-20-22(16-30)27-23(28-24(20)31)18-10-12-29(15-18)14-17-6-2-1-3-7-17/h1-2,4-5,8-9,17-18H,3,6-7,10-16H2,(H,27,28,31). The van der Waals surface area contributed by atoms with Crippen molar-refractivity contribution < 1.29 is 9.18 Å². The highest BCUT2D eigenvalue weighted by Crippen LogP contribution is 2.28. The van der Waals surface area contributed by atoms with Gasteiger partial charge in [0.1, 0.15) is 11.6 Å². The quantitative estimate of drug-likeness (QED) is 0.747. The molecule has 2 aromatic rings. The number of carbonyl (C=O) groups is 1. The van der Waals surface area contributed by atoms with Crippen molar-refractivity contribution in [2.24, 2.45) is 5.92 Å². The molecule has 1 fully saturated rings. The summed E-state index contributed by atoms with van der Waals surface area (Å²) in [4.78, 5) is 37.5. The van der Waals surface area contributed by atoms with Gasteiger partial charge in [-0.3, -0.25) is 9.59 Å². The van der Waals surface area contributed by atoms with E-state index in [4.69, 9.17) is 4.98 Å². The predicted octanol–water partition coefficient (Wildman–Crippen LogP) is 3.25. The fourth-order valence-electron chi connectivity index (χ4n) is 5.24. The Morgan fingerprint density at radius 3 is 2.88 bits per heavy atom. The molecule has 6 nitrogen and oxygen atoms in total. The maximum atomic E-state index is 14.1. The number of allylic oxidation sites excluding steroid dienone is 2. The molecule has 1 aromatic heterocycles. The van der Waals surface area contributed by atoms with Gasteiger partial charge in [-0.25, -0.2) is 9.37 Å². The van der Waals surface area contributed by atoms with E-state index in [2.05, 4.69) is 22.0 Å². The normalized spacial score (nSPS) is 23.3. The summed E-state index contributed by atoms with van der Waals surface area (Å²) in [5.74, 6) is 0.755. The monoisotopic (exact) mass is 436 g/mol. The minimum Gasteiger partial charge on any atom is -0.332 e. The second-order valence-electron chi connectivity index (χ2n) is 9.23.